The summed E-state index contributed by atoms with van der Waals surface area (Å²) >= 11 is 0. The van der Waals surface area contributed by atoms with Gasteiger partial charge in [0.1, 0.15) is 0 Å². The molecule has 1 aromatic carbocycles. The van der Waals surface area contributed by atoms with Crippen LogP contribution in [0.5, 0.6) is 0 Å². The van der Waals surface area contributed by atoms with E-state index in [0.29, 0.717) is 19.3 Å². The smallest absolute Gasteiger partial charge is 0.342 e. The van der Waals surface area contributed by atoms with Gasteiger partial charge in [0.05, 0.1) is 16.7 Å². The van der Waals surface area contributed by atoms with Crippen LogP contribution >= 0.6 is 0 Å². The molecule has 0 unspecified atom stereocenters. The van der Waals surface area contributed by atoms with Crippen molar-refractivity contribution in [3.63, 3.8) is 0 Å². The van der Waals surface area contributed by atoms with E-state index in [2.05, 4.69) is 4.89 Å². The second-order valence-corrected chi connectivity index (χ2v) is 5.07. The van der Waals surface area contributed by atoms with Crippen LogP contribution in [0, 0.1) is 0 Å². The molecule has 8 nitrogen and oxygen atoms in total. The van der Waals surface area contributed by atoms with Gasteiger partial charge >= 0.3 is 11.9 Å². The number of carbonyl (C=O) groups excluding carboxylic acids is 3. The summed E-state index contributed by atoms with van der Waals surface area (Å²) in [6, 6.07) is 4.15. The van der Waals surface area contributed by atoms with Crippen LogP contribution in [0.3, 0.4) is 0 Å². The molecule has 0 fully saturated rings. The maximum Gasteiger partial charge on any atom is 0.342 e. The van der Waals surface area contributed by atoms with E-state index in [1.165, 1.54) is 18.2 Å². The van der Waals surface area contributed by atoms with Crippen molar-refractivity contribution in [1.82, 2.24) is 4.90 Å². The fourth-order valence-electron chi connectivity index (χ4n) is 2.48. The Labute approximate surface area is 131 Å². The number of hydrogen-bond donors (Lipinski definition) is 2. The standard InChI is InChI=1S/C15H15NO7/c17-11(23-22)7-2-1-3-8-16-13(18)9-5-4-6-10(15(20)21)12(9)14(16)19/h4-6,22H,1-3,7-8H2,(H,20,21). The Hall–Kier alpha value is -2.74. The van der Waals surface area contributed by atoms with E-state index >= 15 is 0 Å². The maximum atomic E-state index is 12.3. The Morgan fingerprint density at radius 3 is 2.48 bits per heavy atom. The van der Waals surface area contributed by atoms with Crippen LogP contribution in [0.2, 0.25) is 0 Å². The van der Waals surface area contributed by atoms with Gasteiger partial charge in [0.2, 0.25) is 0 Å². The average Bonchev–Trinajstić information content (AvgIpc) is 2.78. The van der Waals surface area contributed by atoms with Gasteiger partial charge in [-0.15, -0.1) is 0 Å². The van der Waals surface area contributed by atoms with Gasteiger partial charge in [-0.05, 0) is 25.0 Å². The molecule has 2 N–H and O–H groups in total. The topological polar surface area (TPSA) is 121 Å². The monoisotopic (exact) mass is 321 g/mol. The first kappa shape index (κ1) is 16.6. The van der Waals surface area contributed by atoms with Crippen LogP contribution in [-0.4, -0.2) is 45.6 Å². The zero-order valence-corrected chi connectivity index (χ0v) is 12.2. The van der Waals surface area contributed by atoms with Gasteiger partial charge in [-0.1, -0.05) is 12.5 Å². The van der Waals surface area contributed by atoms with Crippen LogP contribution in [0.4, 0.5) is 0 Å². The second kappa shape index (κ2) is 7.01. The number of rotatable bonds is 7. The predicted molar refractivity (Wildman–Crippen MR) is 76.0 cm³/mol. The second-order valence-electron chi connectivity index (χ2n) is 5.07. The Balaban J connectivity index is 2.00. The third kappa shape index (κ3) is 3.37. The summed E-state index contributed by atoms with van der Waals surface area (Å²) in [6.45, 7) is 0.138. The maximum absolute atomic E-state index is 12.3. The van der Waals surface area contributed by atoms with Crippen molar-refractivity contribution < 1.29 is 34.4 Å². The van der Waals surface area contributed by atoms with Crippen LogP contribution in [0.1, 0.15) is 56.8 Å². The van der Waals surface area contributed by atoms with E-state index < -0.39 is 23.8 Å². The molecule has 0 aromatic heterocycles. The van der Waals surface area contributed by atoms with Crippen molar-refractivity contribution >= 4 is 23.8 Å². The first-order chi connectivity index (χ1) is 11.0. The minimum absolute atomic E-state index is 0.0434. The lowest BCUT2D eigenvalue weighted by molar-refractivity contribution is -0.234. The first-order valence-corrected chi connectivity index (χ1v) is 7.04. The molecule has 0 aliphatic carbocycles. The molecule has 1 aliphatic rings. The Kier molecular flexibility index (Phi) is 5.07. The lowest BCUT2D eigenvalue weighted by Gasteiger charge is -2.13. The molecule has 0 bridgehead atoms. The highest BCUT2D eigenvalue weighted by Gasteiger charge is 2.38. The van der Waals surface area contributed by atoms with Crippen LogP contribution in [-0.2, 0) is 9.68 Å². The molecule has 1 heterocycles. The molecular weight excluding hydrogens is 306 g/mol. The normalized spacial score (nSPS) is 13.2. The molecule has 8 heteroatoms. The number of aromatic carboxylic acids is 1. The van der Waals surface area contributed by atoms with Crippen molar-refractivity contribution in [3.05, 3.63) is 34.9 Å². The first-order valence-electron chi connectivity index (χ1n) is 7.04. The molecular formula is C15H15NO7. The summed E-state index contributed by atoms with van der Waals surface area (Å²) in [4.78, 5) is 50.9. The largest absolute Gasteiger partial charge is 0.478 e. The zero-order chi connectivity index (χ0) is 17.0. The number of benzene rings is 1. The molecule has 0 radical (unpaired) electrons. The van der Waals surface area contributed by atoms with E-state index in [1.807, 2.05) is 0 Å². The molecule has 2 rings (SSSR count). The zero-order valence-electron chi connectivity index (χ0n) is 12.2. The highest BCUT2D eigenvalue weighted by Crippen LogP contribution is 2.26. The molecule has 0 saturated carbocycles. The molecule has 0 spiro atoms. The number of unbranched alkanes of at least 4 members (excludes halogenated alkanes) is 2. The lowest BCUT2D eigenvalue weighted by atomic mass is 10.0. The van der Waals surface area contributed by atoms with Gasteiger partial charge in [0.15, 0.2) is 0 Å². The van der Waals surface area contributed by atoms with Crippen molar-refractivity contribution in [2.24, 2.45) is 0 Å². The third-order valence-corrected chi connectivity index (χ3v) is 3.59. The van der Waals surface area contributed by atoms with E-state index in [4.69, 9.17) is 10.4 Å². The molecule has 0 atom stereocenters. The summed E-state index contributed by atoms with van der Waals surface area (Å²) in [5, 5.41) is 17.2. The number of imide groups is 1. The van der Waals surface area contributed by atoms with E-state index in [1.54, 1.807) is 0 Å². The third-order valence-electron chi connectivity index (χ3n) is 3.59. The van der Waals surface area contributed by atoms with Crippen molar-refractivity contribution in [2.75, 3.05) is 6.54 Å². The molecule has 1 aromatic rings. The molecule has 1 aliphatic heterocycles. The quantitative estimate of drug-likeness (QED) is 0.338. The number of fused-ring (bicyclic) bond motifs is 1. The SMILES string of the molecule is O=C(CCCCCN1C(=O)c2cccc(C(=O)O)c2C1=O)OO. The van der Waals surface area contributed by atoms with Crippen LogP contribution < -0.4 is 0 Å². The Bertz CT molecular complexity index is 668. The van der Waals surface area contributed by atoms with Gasteiger partial charge in [-0.2, -0.15) is 5.26 Å². The highest BCUT2D eigenvalue weighted by molar-refractivity contribution is 6.24. The number of nitrogens with zero attached hydrogens (tertiary/aromatic N) is 1. The number of carboxylic acids is 1. The Morgan fingerprint density at radius 2 is 1.83 bits per heavy atom. The van der Waals surface area contributed by atoms with Gasteiger partial charge < -0.3 is 9.99 Å². The van der Waals surface area contributed by atoms with Crippen molar-refractivity contribution in [2.45, 2.75) is 25.7 Å². The molecule has 0 saturated heterocycles. The highest BCUT2D eigenvalue weighted by atomic mass is 17.1. The fraction of sp³-hybridized carbons (Fsp3) is 0.333. The summed E-state index contributed by atoms with van der Waals surface area (Å²) in [7, 11) is 0. The average molecular weight is 321 g/mol. The Morgan fingerprint density at radius 1 is 1.09 bits per heavy atom. The van der Waals surface area contributed by atoms with Gasteiger partial charge in [-0.25, -0.2) is 9.59 Å². The molecule has 122 valence electrons. The molecule has 23 heavy (non-hydrogen) atoms. The van der Waals surface area contributed by atoms with E-state index in [0.717, 1.165) is 4.90 Å². The number of amides is 2. The van der Waals surface area contributed by atoms with Gasteiger partial charge in [-0.3, -0.25) is 14.5 Å². The predicted octanol–water partition coefficient (Wildman–Crippen LogP) is 1.56. The van der Waals surface area contributed by atoms with Gasteiger partial charge in [0.25, 0.3) is 11.8 Å². The summed E-state index contributed by atoms with van der Waals surface area (Å²) in [6.07, 6.45) is 1.51. The number of hydrogen-bond acceptors (Lipinski definition) is 6. The van der Waals surface area contributed by atoms with Gasteiger partial charge in [0, 0.05) is 13.0 Å². The minimum Gasteiger partial charge on any atom is -0.478 e. The van der Waals surface area contributed by atoms with Crippen LogP contribution in [0.25, 0.3) is 0 Å². The summed E-state index contributed by atoms with van der Waals surface area (Å²) < 4.78 is 0. The number of carboxylic acid groups (broad SMARTS) is 1. The minimum atomic E-state index is -1.26. The summed E-state index contributed by atoms with van der Waals surface area (Å²) in [5.41, 5.74) is -0.165. The fourth-order valence-corrected chi connectivity index (χ4v) is 2.48. The van der Waals surface area contributed by atoms with Crippen LogP contribution in [0.15, 0.2) is 18.2 Å². The van der Waals surface area contributed by atoms with Crippen molar-refractivity contribution in [3.8, 4) is 0 Å². The van der Waals surface area contributed by atoms with E-state index in [9.17, 15) is 19.2 Å². The summed E-state index contributed by atoms with van der Waals surface area (Å²) in [5.74, 6) is -3.12. The van der Waals surface area contributed by atoms with Crippen molar-refractivity contribution in [1.29, 1.82) is 0 Å². The lowest BCUT2D eigenvalue weighted by Crippen LogP contribution is -2.31. The molecule has 2 amide bonds. The number of carbonyl (C=O) groups is 4. The van der Waals surface area contributed by atoms with E-state index in [-0.39, 0.29) is 29.7 Å².